The lowest BCUT2D eigenvalue weighted by atomic mass is 10.1. The minimum Gasteiger partial charge on any atom is -0.207 e. The van der Waals surface area contributed by atoms with Gasteiger partial charge in [0.15, 0.2) is 0 Å². The van der Waals surface area contributed by atoms with Crippen LogP contribution in [0.5, 0.6) is 0 Å². The lowest BCUT2D eigenvalue weighted by molar-refractivity contribution is 0.871. The SMILES string of the molecule is CC(=Nn1cnnc1)c1cccc(Br)c1. The van der Waals surface area contributed by atoms with Crippen molar-refractivity contribution in [2.24, 2.45) is 5.10 Å². The Morgan fingerprint density at radius 2 is 2.07 bits per heavy atom. The Hall–Kier alpha value is -1.49. The third kappa shape index (κ3) is 2.50. The fourth-order valence-electron chi connectivity index (χ4n) is 1.19. The van der Waals surface area contributed by atoms with Crippen LogP contribution >= 0.6 is 15.9 Å². The van der Waals surface area contributed by atoms with Crippen molar-refractivity contribution in [2.75, 3.05) is 0 Å². The maximum atomic E-state index is 4.32. The van der Waals surface area contributed by atoms with E-state index in [1.165, 1.54) is 0 Å². The number of hydrogen-bond acceptors (Lipinski definition) is 3. The first kappa shape index (κ1) is 10.0. The summed E-state index contributed by atoms with van der Waals surface area (Å²) in [6.07, 6.45) is 3.11. The molecule has 1 aromatic heterocycles. The summed E-state index contributed by atoms with van der Waals surface area (Å²) in [5.41, 5.74) is 1.98. The standard InChI is InChI=1S/C10H9BrN4/c1-8(14-15-6-12-13-7-15)9-3-2-4-10(11)5-9/h2-7H,1H3. The zero-order valence-electron chi connectivity index (χ0n) is 8.13. The van der Waals surface area contributed by atoms with Gasteiger partial charge in [0.05, 0.1) is 5.71 Å². The van der Waals surface area contributed by atoms with E-state index in [1.807, 2.05) is 31.2 Å². The molecule has 0 N–H and O–H groups in total. The van der Waals surface area contributed by atoms with Crippen molar-refractivity contribution in [1.82, 2.24) is 14.9 Å². The highest BCUT2D eigenvalue weighted by Gasteiger charge is 1.98. The molecule has 2 rings (SSSR count). The molecule has 0 unspecified atom stereocenters. The molecule has 15 heavy (non-hydrogen) atoms. The second-order valence-electron chi connectivity index (χ2n) is 3.04. The Morgan fingerprint density at radius 1 is 1.33 bits per heavy atom. The summed E-state index contributed by atoms with van der Waals surface area (Å²) < 4.78 is 2.62. The van der Waals surface area contributed by atoms with E-state index in [4.69, 9.17) is 0 Å². The summed E-state index contributed by atoms with van der Waals surface area (Å²) in [4.78, 5) is 0. The molecule has 0 fully saturated rings. The molecule has 5 heteroatoms. The second kappa shape index (κ2) is 4.35. The first-order valence-corrected chi connectivity index (χ1v) is 5.21. The van der Waals surface area contributed by atoms with Gasteiger partial charge in [0.2, 0.25) is 0 Å². The molecule has 0 aliphatic carbocycles. The molecule has 0 saturated heterocycles. The van der Waals surface area contributed by atoms with Crippen molar-refractivity contribution in [3.8, 4) is 0 Å². The normalized spacial score (nSPS) is 11.7. The lowest BCUT2D eigenvalue weighted by Crippen LogP contribution is -1.98. The highest BCUT2D eigenvalue weighted by Crippen LogP contribution is 2.12. The number of halogens is 1. The number of hydrogen-bond donors (Lipinski definition) is 0. The van der Waals surface area contributed by atoms with Gasteiger partial charge in [-0.2, -0.15) is 5.10 Å². The van der Waals surface area contributed by atoms with Gasteiger partial charge in [0.25, 0.3) is 0 Å². The summed E-state index contributed by atoms with van der Waals surface area (Å²) in [5, 5.41) is 11.7. The van der Waals surface area contributed by atoms with Crippen molar-refractivity contribution in [1.29, 1.82) is 0 Å². The monoisotopic (exact) mass is 264 g/mol. The first-order chi connectivity index (χ1) is 7.25. The summed E-state index contributed by atoms with van der Waals surface area (Å²) in [6, 6.07) is 7.98. The van der Waals surface area contributed by atoms with Gasteiger partial charge in [0.1, 0.15) is 12.7 Å². The fourth-order valence-corrected chi connectivity index (χ4v) is 1.59. The smallest absolute Gasteiger partial charge is 0.141 e. The summed E-state index contributed by atoms with van der Waals surface area (Å²) in [5.74, 6) is 0. The average molecular weight is 265 g/mol. The van der Waals surface area contributed by atoms with Crippen molar-refractivity contribution in [2.45, 2.75) is 6.92 Å². The van der Waals surface area contributed by atoms with E-state index in [9.17, 15) is 0 Å². The first-order valence-electron chi connectivity index (χ1n) is 4.42. The van der Waals surface area contributed by atoms with Gasteiger partial charge in [-0.15, -0.1) is 10.2 Å². The van der Waals surface area contributed by atoms with Crippen molar-refractivity contribution in [3.05, 3.63) is 47.0 Å². The van der Waals surface area contributed by atoms with Gasteiger partial charge < -0.3 is 0 Å². The Balaban J connectivity index is 2.32. The van der Waals surface area contributed by atoms with Crippen molar-refractivity contribution in [3.63, 3.8) is 0 Å². The van der Waals surface area contributed by atoms with Crippen molar-refractivity contribution >= 4 is 21.6 Å². The quantitative estimate of drug-likeness (QED) is 0.782. The Kier molecular flexibility index (Phi) is 2.91. The largest absolute Gasteiger partial charge is 0.207 e. The van der Waals surface area contributed by atoms with Gasteiger partial charge in [-0.3, -0.25) is 0 Å². The van der Waals surface area contributed by atoms with Crippen molar-refractivity contribution < 1.29 is 0 Å². The van der Waals surface area contributed by atoms with Crippen LogP contribution in [0.15, 0.2) is 46.5 Å². The van der Waals surface area contributed by atoms with Gasteiger partial charge in [-0.05, 0) is 24.6 Å². The maximum Gasteiger partial charge on any atom is 0.141 e. The van der Waals surface area contributed by atoms with Crippen LogP contribution in [0.4, 0.5) is 0 Å². The van der Waals surface area contributed by atoms with Gasteiger partial charge >= 0.3 is 0 Å². The van der Waals surface area contributed by atoms with E-state index in [-0.39, 0.29) is 0 Å². The van der Waals surface area contributed by atoms with Gasteiger partial charge in [-0.25, -0.2) is 4.68 Å². The topological polar surface area (TPSA) is 43.1 Å². The Labute approximate surface area is 95.8 Å². The molecular weight excluding hydrogens is 256 g/mol. The molecular formula is C10H9BrN4. The zero-order valence-corrected chi connectivity index (χ0v) is 9.72. The number of nitrogens with zero attached hydrogens (tertiary/aromatic N) is 4. The van der Waals surface area contributed by atoms with E-state index < -0.39 is 0 Å². The fraction of sp³-hybridized carbons (Fsp3) is 0.100. The van der Waals surface area contributed by atoms with E-state index in [0.717, 1.165) is 15.7 Å². The average Bonchev–Trinajstić information content (AvgIpc) is 2.70. The molecule has 0 atom stereocenters. The van der Waals surface area contributed by atoms with Crippen LogP contribution < -0.4 is 0 Å². The highest BCUT2D eigenvalue weighted by molar-refractivity contribution is 9.10. The molecule has 76 valence electrons. The molecule has 0 aliphatic rings. The predicted molar refractivity (Wildman–Crippen MR) is 61.8 cm³/mol. The van der Waals surface area contributed by atoms with Crippen LogP contribution in [-0.2, 0) is 0 Å². The molecule has 0 radical (unpaired) electrons. The minimum absolute atomic E-state index is 0.913. The van der Waals surface area contributed by atoms with Crippen LogP contribution in [0.3, 0.4) is 0 Å². The van der Waals surface area contributed by atoms with Crippen LogP contribution in [0, 0.1) is 0 Å². The Bertz CT molecular complexity index is 476. The lowest BCUT2D eigenvalue weighted by Gasteiger charge is -2.00. The maximum absolute atomic E-state index is 4.32. The number of aromatic nitrogens is 3. The molecule has 2 aromatic rings. The van der Waals surface area contributed by atoms with Crippen LogP contribution in [-0.4, -0.2) is 20.6 Å². The minimum atomic E-state index is 0.913. The predicted octanol–water partition coefficient (Wildman–Crippen LogP) is 2.31. The summed E-state index contributed by atoms with van der Waals surface area (Å²) >= 11 is 3.42. The van der Waals surface area contributed by atoms with E-state index in [2.05, 4.69) is 31.2 Å². The second-order valence-corrected chi connectivity index (χ2v) is 3.95. The van der Waals surface area contributed by atoms with Gasteiger partial charge in [-0.1, -0.05) is 28.1 Å². The number of rotatable bonds is 2. The van der Waals surface area contributed by atoms with Crippen LogP contribution in [0.25, 0.3) is 0 Å². The van der Waals surface area contributed by atoms with E-state index in [1.54, 1.807) is 17.3 Å². The third-order valence-corrected chi connectivity index (χ3v) is 2.41. The summed E-state index contributed by atoms with van der Waals surface area (Å²) in [7, 11) is 0. The molecule has 0 aliphatic heterocycles. The van der Waals surface area contributed by atoms with Gasteiger partial charge in [0, 0.05) is 4.47 Å². The zero-order chi connectivity index (χ0) is 10.7. The molecule has 0 spiro atoms. The molecule has 4 nitrogen and oxygen atoms in total. The molecule has 1 heterocycles. The number of benzene rings is 1. The van der Waals surface area contributed by atoms with E-state index >= 15 is 0 Å². The molecule has 0 amide bonds. The van der Waals surface area contributed by atoms with Crippen LogP contribution in [0.2, 0.25) is 0 Å². The molecule has 0 saturated carbocycles. The van der Waals surface area contributed by atoms with Crippen LogP contribution in [0.1, 0.15) is 12.5 Å². The van der Waals surface area contributed by atoms with E-state index in [0.29, 0.717) is 0 Å². The summed E-state index contributed by atoms with van der Waals surface area (Å²) in [6.45, 7) is 1.95. The molecule has 1 aromatic carbocycles. The molecule has 0 bridgehead atoms. The Morgan fingerprint density at radius 3 is 2.73 bits per heavy atom. The third-order valence-electron chi connectivity index (χ3n) is 1.91. The highest BCUT2D eigenvalue weighted by atomic mass is 79.9.